The van der Waals surface area contributed by atoms with Crippen LogP contribution in [0.25, 0.3) is 0 Å². The zero-order valence-corrected chi connectivity index (χ0v) is 13.6. The number of thiazole rings is 1. The van der Waals surface area contributed by atoms with E-state index in [1.54, 1.807) is 6.92 Å². The molecule has 0 saturated heterocycles. The maximum Gasteiger partial charge on any atom is 0.367 e. The second-order valence-electron chi connectivity index (χ2n) is 4.15. The number of pyridine rings is 1. The predicted octanol–water partition coefficient (Wildman–Crippen LogP) is 1.70. The van der Waals surface area contributed by atoms with E-state index in [0.717, 1.165) is 11.3 Å². The van der Waals surface area contributed by atoms with Crippen molar-refractivity contribution in [2.75, 3.05) is 13.7 Å². The van der Waals surface area contributed by atoms with Crippen LogP contribution in [0.1, 0.15) is 21.6 Å². The van der Waals surface area contributed by atoms with Gasteiger partial charge >= 0.3 is 5.97 Å². The normalized spacial score (nSPS) is 11.2. The van der Waals surface area contributed by atoms with Crippen LogP contribution in [0.2, 0.25) is 0 Å². The molecule has 0 bridgehead atoms. The number of methoxy groups -OCH3 is 1. The molecule has 0 atom stereocenters. The average Bonchev–Trinajstić information content (AvgIpc) is 2.95. The minimum Gasteiger partial charge on any atom is -0.495 e. The van der Waals surface area contributed by atoms with Crippen molar-refractivity contribution in [1.29, 1.82) is 0 Å². The zero-order chi connectivity index (χ0) is 16.2. The standard InChI is InChI=1S/C13H14N2O5S2/c1-3-20-13(16)12-15-7-10(21-12)8-22(17,18)11-5-4-9(19-2)6-14-11/h4-7H,3,8H2,1-2H3. The first-order valence-corrected chi connectivity index (χ1v) is 8.77. The Morgan fingerprint density at radius 3 is 2.64 bits per heavy atom. The lowest BCUT2D eigenvalue weighted by molar-refractivity contribution is 0.0526. The summed E-state index contributed by atoms with van der Waals surface area (Å²) in [5.74, 6) is -0.358. The predicted molar refractivity (Wildman–Crippen MR) is 79.7 cm³/mol. The van der Waals surface area contributed by atoms with E-state index in [2.05, 4.69) is 9.97 Å². The first kappa shape index (κ1) is 16.4. The Kier molecular flexibility index (Phi) is 5.09. The Morgan fingerprint density at radius 1 is 1.27 bits per heavy atom. The summed E-state index contributed by atoms with van der Waals surface area (Å²) in [6, 6.07) is 2.90. The van der Waals surface area contributed by atoms with Crippen molar-refractivity contribution in [3.05, 3.63) is 34.4 Å². The van der Waals surface area contributed by atoms with Crippen molar-refractivity contribution in [2.24, 2.45) is 0 Å². The van der Waals surface area contributed by atoms with Gasteiger partial charge in [0.15, 0.2) is 5.03 Å². The molecular weight excluding hydrogens is 328 g/mol. The number of rotatable bonds is 6. The monoisotopic (exact) mass is 342 g/mol. The van der Waals surface area contributed by atoms with E-state index in [9.17, 15) is 13.2 Å². The minimum atomic E-state index is -3.61. The van der Waals surface area contributed by atoms with Crippen molar-refractivity contribution in [3.63, 3.8) is 0 Å². The quantitative estimate of drug-likeness (QED) is 0.737. The molecule has 0 aromatic carbocycles. The topological polar surface area (TPSA) is 95.5 Å². The molecule has 0 aliphatic carbocycles. The van der Waals surface area contributed by atoms with Crippen LogP contribution in [0.3, 0.4) is 0 Å². The smallest absolute Gasteiger partial charge is 0.367 e. The van der Waals surface area contributed by atoms with Gasteiger partial charge in [0, 0.05) is 11.1 Å². The van der Waals surface area contributed by atoms with Crippen LogP contribution in [0, 0.1) is 0 Å². The van der Waals surface area contributed by atoms with E-state index in [0.29, 0.717) is 10.6 Å². The Bertz CT molecular complexity index is 753. The van der Waals surface area contributed by atoms with Crippen LogP contribution in [0.5, 0.6) is 5.75 Å². The lowest BCUT2D eigenvalue weighted by atomic mass is 10.5. The van der Waals surface area contributed by atoms with Crippen LogP contribution in [0.4, 0.5) is 0 Å². The summed E-state index contributed by atoms with van der Waals surface area (Å²) in [7, 11) is -2.14. The third-order valence-electron chi connectivity index (χ3n) is 2.60. The summed E-state index contributed by atoms with van der Waals surface area (Å²) in [5.41, 5.74) is 0. The second-order valence-corrected chi connectivity index (χ2v) is 7.20. The molecule has 2 aromatic rings. The lowest BCUT2D eigenvalue weighted by Crippen LogP contribution is -2.06. The highest BCUT2D eigenvalue weighted by Crippen LogP contribution is 2.21. The van der Waals surface area contributed by atoms with Crippen LogP contribution in [-0.4, -0.2) is 38.1 Å². The van der Waals surface area contributed by atoms with Crippen molar-refractivity contribution in [1.82, 2.24) is 9.97 Å². The lowest BCUT2D eigenvalue weighted by Gasteiger charge is -2.03. The number of sulfone groups is 1. The molecular formula is C13H14N2O5S2. The number of esters is 1. The first-order valence-electron chi connectivity index (χ1n) is 6.31. The van der Waals surface area contributed by atoms with Crippen molar-refractivity contribution in [2.45, 2.75) is 17.7 Å². The molecule has 0 saturated carbocycles. The highest BCUT2D eigenvalue weighted by Gasteiger charge is 2.20. The van der Waals surface area contributed by atoms with Crippen molar-refractivity contribution >= 4 is 27.1 Å². The fraction of sp³-hybridized carbons (Fsp3) is 0.308. The fourth-order valence-corrected chi connectivity index (χ4v) is 3.98. The number of hydrogen-bond acceptors (Lipinski definition) is 8. The molecule has 2 heterocycles. The number of nitrogens with zero attached hydrogens (tertiary/aromatic N) is 2. The fourth-order valence-electron chi connectivity index (χ4n) is 1.59. The van der Waals surface area contributed by atoms with Gasteiger partial charge in [0.25, 0.3) is 0 Å². The van der Waals surface area contributed by atoms with E-state index in [-0.39, 0.29) is 22.4 Å². The molecule has 7 nitrogen and oxygen atoms in total. The van der Waals surface area contributed by atoms with E-state index >= 15 is 0 Å². The van der Waals surface area contributed by atoms with Gasteiger partial charge in [-0.3, -0.25) is 0 Å². The molecule has 0 fully saturated rings. The molecule has 2 aromatic heterocycles. The number of carbonyl (C=O) groups is 1. The van der Waals surface area contributed by atoms with Crippen LogP contribution < -0.4 is 4.74 Å². The minimum absolute atomic E-state index is 0.0561. The number of hydrogen-bond donors (Lipinski definition) is 0. The Morgan fingerprint density at radius 2 is 2.05 bits per heavy atom. The molecule has 0 radical (unpaired) electrons. The molecule has 0 aliphatic rings. The molecule has 2 rings (SSSR count). The highest BCUT2D eigenvalue weighted by molar-refractivity contribution is 7.90. The summed E-state index contributed by atoms with van der Waals surface area (Å²) < 4.78 is 34.3. The zero-order valence-electron chi connectivity index (χ0n) is 12.0. The number of ether oxygens (including phenoxy) is 2. The number of carbonyl (C=O) groups excluding carboxylic acids is 1. The average molecular weight is 342 g/mol. The van der Waals surface area contributed by atoms with E-state index in [4.69, 9.17) is 9.47 Å². The molecule has 0 aliphatic heterocycles. The van der Waals surface area contributed by atoms with Gasteiger partial charge in [-0.05, 0) is 19.1 Å². The third-order valence-corrected chi connectivity index (χ3v) is 5.33. The summed E-state index contributed by atoms with van der Waals surface area (Å²) >= 11 is 0.993. The summed E-state index contributed by atoms with van der Waals surface area (Å²) in [6.45, 7) is 1.92. The van der Waals surface area contributed by atoms with Crippen LogP contribution in [-0.2, 0) is 20.3 Å². The van der Waals surface area contributed by atoms with E-state index < -0.39 is 15.8 Å². The molecule has 22 heavy (non-hydrogen) atoms. The molecule has 0 amide bonds. The van der Waals surface area contributed by atoms with Gasteiger partial charge in [-0.25, -0.2) is 23.2 Å². The first-order chi connectivity index (χ1) is 10.5. The van der Waals surface area contributed by atoms with Crippen molar-refractivity contribution in [3.8, 4) is 5.75 Å². The molecule has 0 spiro atoms. The van der Waals surface area contributed by atoms with Crippen LogP contribution in [0.15, 0.2) is 29.6 Å². The van der Waals surface area contributed by atoms with Gasteiger partial charge in [0.1, 0.15) is 5.75 Å². The van der Waals surface area contributed by atoms with Gasteiger partial charge in [-0.2, -0.15) is 0 Å². The van der Waals surface area contributed by atoms with Gasteiger partial charge in [0.2, 0.25) is 14.8 Å². The highest BCUT2D eigenvalue weighted by atomic mass is 32.2. The molecule has 9 heteroatoms. The largest absolute Gasteiger partial charge is 0.495 e. The summed E-state index contributed by atoms with van der Waals surface area (Å²) in [6.07, 6.45) is 2.70. The summed E-state index contributed by atoms with van der Waals surface area (Å²) in [5, 5.41) is 0.0779. The van der Waals surface area contributed by atoms with Crippen LogP contribution >= 0.6 is 11.3 Å². The van der Waals surface area contributed by atoms with Gasteiger partial charge in [-0.15, -0.1) is 11.3 Å². The van der Waals surface area contributed by atoms with Gasteiger partial charge in [-0.1, -0.05) is 0 Å². The third kappa shape index (κ3) is 3.80. The SMILES string of the molecule is CCOC(=O)c1ncc(CS(=O)(=O)c2ccc(OC)cn2)s1. The molecule has 0 unspecified atom stereocenters. The maximum atomic E-state index is 12.3. The maximum absolute atomic E-state index is 12.3. The van der Waals surface area contributed by atoms with E-state index in [1.807, 2.05) is 0 Å². The molecule has 118 valence electrons. The van der Waals surface area contributed by atoms with Crippen molar-refractivity contribution < 1.29 is 22.7 Å². The summed E-state index contributed by atoms with van der Waals surface area (Å²) in [4.78, 5) is 19.7. The van der Waals surface area contributed by atoms with Gasteiger partial charge < -0.3 is 9.47 Å². The molecule has 0 N–H and O–H groups in total. The second kappa shape index (κ2) is 6.84. The van der Waals surface area contributed by atoms with Gasteiger partial charge in [0.05, 0.1) is 25.7 Å². The Balaban J connectivity index is 2.16. The Hall–Kier alpha value is -2.00. The van der Waals surface area contributed by atoms with E-state index in [1.165, 1.54) is 31.6 Å². The Labute approximate surface area is 131 Å². The number of aromatic nitrogens is 2.